The summed E-state index contributed by atoms with van der Waals surface area (Å²) in [6.45, 7) is 4.21. The fourth-order valence-electron chi connectivity index (χ4n) is 2.68. The molecule has 3 aromatic rings. The first-order valence-electron chi connectivity index (χ1n) is 7.96. The number of carbonyl (C=O) groups excluding carboxylic acids is 1. The van der Waals surface area contributed by atoms with E-state index < -0.39 is 4.92 Å². The number of para-hydroxylation sites is 1. The summed E-state index contributed by atoms with van der Waals surface area (Å²) in [6.07, 6.45) is 0. The number of hydrogen-bond donors (Lipinski definition) is 0. The second-order valence-electron chi connectivity index (χ2n) is 5.61. The van der Waals surface area contributed by atoms with Crippen LogP contribution in [0.5, 0.6) is 5.75 Å². The van der Waals surface area contributed by atoms with Gasteiger partial charge in [0.05, 0.1) is 22.2 Å². The molecule has 0 unspecified atom stereocenters. The Labute approximate surface area is 154 Å². The number of nitrogens with zero attached hydrogens (tertiary/aromatic N) is 3. The van der Waals surface area contributed by atoms with E-state index in [1.807, 2.05) is 32.0 Å². The van der Waals surface area contributed by atoms with Crippen molar-refractivity contribution in [2.45, 2.75) is 13.8 Å². The summed E-state index contributed by atoms with van der Waals surface area (Å²) in [4.78, 5) is 29.7. The van der Waals surface area contributed by atoms with Crippen LogP contribution in [0.1, 0.15) is 22.8 Å². The number of thiazole rings is 1. The Balaban J connectivity index is 2.02. The van der Waals surface area contributed by atoms with Gasteiger partial charge in [-0.3, -0.25) is 19.8 Å². The highest BCUT2D eigenvalue weighted by Gasteiger charge is 2.24. The summed E-state index contributed by atoms with van der Waals surface area (Å²) in [5.74, 6) is -0.222. The predicted octanol–water partition coefficient (Wildman–Crippen LogP) is 4.19. The molecule has 0 saturated heterocycles. The van der Waals surface area contributed by atoms with Crippen molar-refractivity contribution in [2.75, 3.05) is 18.6 Å². The number of methoxy groups -OCH3 is 1. The number of carbonyl (C=O) groups is 1. The second-order valence-corrected chi connectivity index (χ2v) is 6.62. The summed E-state index contributed by atoms with van der Waals surface area (Å²) in [5, 5.41) is 11.8. The maximum Gasteiger partial charge on any atom is 0.311 e. The third-order valence-corrected chi connectivity index (χ3v) is 5.07. The molecule has 0 aliphatic carbocycles. The fraction of sp³-hybridized carbons (Fsp3) is 0.222. The van der Waals surface area contributed by atoms with Crippen LogP contribution in [0.15, 0.2) is 36.4 Å². The maximum absolute atomic E-state index is 12.9. The van der Waals surface area contributed by atoms with Gasteiger partial charge in [-0.25, -0.2) is 4.98 Å². The normalized spacial score (nSPS) is 10.7. The number of aromatic nitrogens is 1. The lowest BCUT2D eigenvalue weighted by molar-refractivity contribution is -0.385. The zero-order chi connectivity index (χ0) is 18.8. The van der Waals surface area contributed by atoms with Crippen LogP contribution in [0.2, 0.25) is 0 Å². The molecule has 0 saturated carbocycles. The molecule has 0 aliphatic heterocycles. The van der Waals surface area contributed by atoms with Crippen LogP contribution in [0.3, 0.4) is 0 Å². The first-order chi connectivity index (χ1) is 12.5. The third-order valence-electron chi connectivity index (χ3n) is 4.02. The zero-order valence-corrected chi connectivity index (χ0v) is 15.4. The molecule has 0 aliphatic rings. The summed E-state index contributed by atoms with van der Waals surface area (Å²) in [6, 6.07) is 10.1. The number of benzene rings is 2. The molecule has 1 aromatic heterocycles. The molecule has 1 amide bonds. The molecule has 134 valence electrons. The van der Waals surface area contributed by atoms with E-state index in [-0.39, 0.29) is 22.9 Å². The van der Waals surface area contributed by atoms with Gasteiger partial charge in [0.1, 0.15) is 0 Å². The molecule has 26 heavy (non-hydrogen) atoms. The fourth-order valence-corrected chi connectivity index (χ4v) is 3.78. The average molecular weight is 371 g/mol. The van der Waals surface area contributed by atoms with Crippen LogP contribution >= 0.6 is 11.3 Å². The monoisotopic (exact) mass is 371 g/mol. The quantitative estimate of drug-likeness (QED) is 0.496. The number of fused-ring (bicyclic) bond motifs is 1. The minimum absolute atomic E-state index is 0.116. The van der Waals surface area contributed by atoms with Gasteiger partial charge in [0.25, 0.3) is 5.91 Å². The highest BCUT2D eigenvalue weighted by Crippen LogP contribution is 2.32. The third kappa shape index (κ3) is 3.11. The topological polar surface area (TPSA) is 85.6 Å². The molecule has 0 atom stereocenters. The molecule has 0 spiro atoms. The first-order valence-corrected chi connectivity index (χ1v) is 8.78. The Morgan fingerprint density at radius 3 is 2.73 bits per heavy atom. The number of hydrogen-bond acceptors (Lipinski definition) is 6. The van der Waals surface area contributed by atoms with E-state index in [0.717, 1.165) is 15.8 Å². The van der Waals surface area contributed by atoms with Crippen molar-refractivity contribution < 1.29 is 14.5 Å². The van der Waals surface area contributed by atoms with Crippen LogP contribution in [-0.2, 0) is 0 Å². The Hall–Kier alpha value is -3.00. The smallest absolute Gasteiger partial charge is 0.311 e. The molecule has 1 heterocycles. The number of anilines is 1. The molecule has 0 fully saturated rings. The van der Waals surface area contributed by atoms with Gasteiger partial charge in [-0.2, -0.15) is 0 Å². The van der Waals surface area contributed by atoms with E-state index in [4.69, 9.17) is 4.74 Å². The van der Waals surface area contributed by atoms with Crippen LogP contribution in [0.25, 0.3) is 10.2 Å². The molecule has 8 heteroatoms. The van der Waals surface area contributed by atoms with Crippen LogP contribution in [0, 0.1) is 17.0 Å². The summed E-state index contributed by atoms with van der Waals surface area (Å²) in [7, 11) is 1.35. The second kappa shape index (κ2) is 7.09. The first kappa shape index (κ1) is 17.8. The Morgan fingerprint density at radius 1 is 1.35 bits per heavy atom. The summed E-state index contributed by atoms with van der Waals surface area (Å²) in [5.41, 5.74) is 1.87. The van der Waals surface area contributed by atoms with Gasteiger partial charge in [0.15, 0.2) is 10.9 Å². The Bertz CT molecular complexity index is 999. The van der Waals surface area contributed by atoms with Gasteiger partial charge in [-0.1, -0.05) is 23.5 Å². The van der Waals surface area contributed by atoms with Gasteiger partial charge in [-0.05, 0) is 37.6 Å². The molecule has 0 bridgehead atoms. The van der Waals surface area contributed by atoms with Crippen LogP contribution in [-0.4, -0.2) is 29.5 Å². The molecular formula is C18H17N3O4S. The van der Waals surface area contributed by atoms with E-state index in [1.165, 1.54) is 41.5 Å². The molecular weight excluding hydrogens is 354 g/mol. The van der Waals surface area contributed by atoms with Crippen molar-refractivity contribution in [3.05, 3.63) is 57.6 Å². The number of ether oxygens (including phenoxy) is 1. The molecule has 0 radical (unpaired) electrons. The number of nitro benzene ring substituents is 1. The van der Waals surface area contributed by atoms with E-state index in [9.17, 15) is 14.9 Å². The lowest BCUT2D eigenvalue weighted by atomic mass is 10.1. The van der Waals surface area contributed by atoms with Crippen LogP contribution in [0.4, 0.5) is 10.8 Å². The molecule has 2 aromatic carbocycles. The summed E-state index contributed by atoms with van der Waals surface area (Å²) < 4.78 is 5.98. The van der Waals surface area contributed by atoms with Gasteiger partial charge in [0, 0.05) is 18.2 Å². The number of amides is 1. The minimum atomic E-state index is -0.563. The van der Waals surface area contributed by atoms with E-state index >= 15 is 0 Å². The van der Waals surface area contributed by atoms with Gasteiger partial charge < -0.3 is 4.74 Å². The number of rotatable bonds is 5. The van der Waals surface area contributed by atoms with Crippen molar-refractivity contribution in [2.24, 2.45) is 0 Å². The molecule has 3 rings (SSSR count). The number of nitro groups is 1. The summed E-state index contributed by atoms with van der Waals surface area (Å²) >= 11 is 1.42. The van der Waals surface area contributed by atoms with Gasteiger partial charge >= 0.3 is 5.69 Å². The lowest BCUT2D eigenvalue weighted by Gasteiger charge is -2.17. The predicted molar refractivity (Wildman–Crippen MR) is 101 cm³/mol. The van der Waals surface area contributed by atoms with Crippen molar-refractivity contribution >= 4 is 38.3 Å². The van der Waals surface area contributed by atoms with E-state index in [1.54, 1.807) is 0 Å². The SMILES string of the molecule is CCN(C(=O)c1ccc(OC)c([N+](=O)[O-])c1)c1nc2c(C)cccc2s1. The van der Waals surface area contributed by atoms with Crippen molar-refractivity contribution in [3.8, 4) is 5.75 Å². The van der Waals surface area contributed by atoms with Crippen molar-refractivity contribution in [1.29, 1.82) is 0 Å². The Kier molecular flexibility index (Phi) is 4.85. The van der Waals surface area contributed by atoms with Crippen molar-refractivity contribution in [3.63, 3.8) is 0 Å². The van der Waals surface area contributed by atoms with Crippen molar-refractivity contribution in [1.82, 2.24) is 4.98 Å². The van der Waals surface area contributed by atoms with E-state index in [2.05, 4.69) is 4.98 Å². The highest BCUT2D eigenvalue weighted by atomic mass is 32.1. The zero-order valence-electron chi connectivity index (χ0n) is 14.6. The van der Waals surface area contributed by atoms with Gasteiger partial charge in [-0.15, -0.1) is 0 Å². The standard InChI is InChI=1S/C18H17N3O4S/c1-4-20(18-19-16-11(2)6-5-7-15(16)26-18)17(22)12-8-9-14(25-3)13(10-12)21(23)24/h5-10H,4H2,1-3H3. The molecule has 0 N–H and O–H groups in total. The largest absolute Gasteiger partial charge is 0.490 e. The number of aryl methyl sites for hydroxylation is 1. The maximum atomic E-state index is 12.9. The molecule has 7 nitrogen and oxygen atoms in total. The van der Waals surface area contributed by atoms with Crippen LogP contribution < -0.4 is 9.64 Å². The van der Waals surface area contributed by atoms with Gasteiger partial charge in [0.2, 0.25) is 0 Å². The minimum Gasteiger partial charge on any atom is -0.490 e. The average Bonchev–Trinajstić information content (AvgIpc) is 3.06. The highest BCUT2D eigenvalue weighted by molar-refractivity contribution is 7.22. The van der Waals surface area contributed by atoms with E-state index in [0.29, 0.717) is 11.7 Å². The lowest BCUT2D eigenvalue weighted by Crippen LogP contribution is -2.30. The Morgan fingerprint density at radius 2 is 2.12 bits per heavy atom.